The number of benzene rings is 1. The van der Waals surface area contributed by atoms with Crippen LogP contribution in [0.25, 0.3) is 0 Å². The lowest BCUT2D eigenvalue weighted by atomic mass is 10.1. The van der Waals surface area contributed by atoms with Crippen LogP contribution < -0.4 is 5.73 Å². The van der Waals surface area contributed by atoms with E-state index in [9.17, 15) is 4.79 Å². The van der Waals surface area contributed by atoms with E-state index < -0.39 is 6.04 Å². The van der Waals surface area contributed by atoms with Crippen LogP contribution in [-0.2, 0) is 4.79 Å². The second-order valence-electron chi connectivity index (χ2n) is 5.12. The summed E-state index contributed by atoms with van der Waals surface area (Å²) in [5.41, 5.74) is 6.99. The molecule has 2 N–H and O–H groups in total. The summed E-state index contributed by atoms with van der Waals surface area (Å²) in [6, 6.07) is 9.43. The summed E-state index contributed by atoms with van der Waals surface area (Å²) >= 11 is 0. The molecule has 1 aromatic carbocycles. The van der Waals surface area contributed by atoms with E-state index in [0.29, 0.717) is 6.04 Å². The molecule has 1 fully saturated rings. The Morgan fingerprint density at radius 1 is 1.28 bits per heavy atom. The zero-order chi connectivity index (χ0) is 13.0. The molecular weight excluding hydrogens is 224 g/mol. The van der Waals surface area contributed by atoms with Gasteiger partial charge in [-0.3, -0.25) is 4.79 Å². The number of nitrogens with zero attached hydrogens (tertiary/aromatic N) is 1. The summed E-state index contributed by atoms with van der Waals surface area (Å²) in [5, 5.41) is 0. The third-order valence-corrected chi connectivity index (χ3v) is 3.76. The molecular formula is C15H22N2O. The molecule has 3 heteroatoms. The van der Waals surface area contributed by atoms with E-state index in [0.717, 1.165) is 24.9 Å². The number of amides is 1. The van der Waals surface area contributed by atoms with Crippen LogP contribution in [0.15, 0.2) is 30.3 Å². The molecule has 98 valence electrons. The highest BCUT2D eigenvalue weighted by molar-refractivity contribution is 5.83. The minimum atomic E-state index is -0.522. The van der Waals surface area contributed by atoms with E-state index >= 15 is 0 Å². The molecule has 0 saturated carbocycles. The van der Waals surface area contributed by atoms with Gasteiger partial charge < -0.3 is 10.6 Å². The van der Waals surface area contributed by atoms with E-state index in [1.165, 1.54) is 12.8 Å². The number of hydrogen-bond acceptors (Lipinski definition) is 2. The summed E-state index contributed by atoms with van der Waals surface area (Å²) in [7, 11) is 0. The van der Waals surface area contributed by atoms with Crippen LogP contribution >= 0.6 is 0 Å². The van der Waals surface area contributed by atoms with Crippen LogP contribution in [0.1, 0.15) is 44.2 Å². The molecule has 2 unspecified atom stereocenters. The average Bonchev–Trinajstić information content (AvgIpc) is 2.63. The maximum atomic E-state index is 12.5. The molecule has 0 spiro atoms. The van der Waals surface area contributed by atoms with Gasteiger partial charge in [-0.2, -0.15) is 0 Å². The first-order valence-electron chi connectivity index (χ1n) is 6.81. The van der Waals surface area contributed by atoms with Gasteiger partial charge in [0.1, 0.15) is 6.04 Å². The average molecular weight is 246 g/mol. The summed E-state index contributed by atoms with van der Waals surface area (Å²) in [5.74, 6) is 0.0654. The number of hydrogen-bond donors (Lipinski definition) is 1. The minimum absolute atomic E-state index is 0.0654. The lowest BCUT2D eigenvalue weighted by Crippen LogP contribution is -2.43. The van der Waals surface area contributed by atoms with E-state index in [2.05, 4.69) is 6.92 Å². The van der Waals surface area contributed by atoms with Crippen LogP contribution in [0.3, 0.4) is 0 Å². The molecule has 1 saturated heterocycles. The fourth-order valence-electron chi connectivity index (χ4n) is 2.58. The summed E-state index contributed by atoms with van der Waals surface area (Å²) in [6.07, 6.45) is 4.62. The lowest BCUT2D eigenvalue weighted by Gasteiger charge is -2.29. The molecule has 1 aliphatic heterocycles. The molecule has 1 aliphatic rings. The first-order chi connectivity index (χ1) is 8.70. The molecule has 0 aliphatic carbocycles. The Balaban J connectivity index is 2.10. The van der Waals surface area contributed by atoms with Crippen molar-refractivity contribution in [2.24, 2.45) is 5.73 Å². The van der Waals surface area contributed by atoms with Crippen molar-refractivity contribution in [2.75, 3.05) is 6.54 Å². The second kappa shape index (κ2) is 6.01. The minimum Gasteiger partial charge on any atom is -0.338 e. The Hall–Kier alpha value is -1.35. The van der Waals surface area contributed by atoms with Gasteiger partial charge in [-0.15, -0.1) is 0 Å². The Labute approximate surface area is 109 Å². The van der Waals surface area contributed by atoms with Crippen LogP contribution in [-0.4, -0.2) is 23.4 Å². The predicted molar refractivity (Wildman–Crippen MR) is 73.0 cm³/mol. The molecule has 2 rings (SSSR count). The van der Waals surface area contributed by atoms with Gasteiger partial charge in [0.05, 0.1) is 0 Å². The summed E-state index contributed by atoms with van der Waals surface area (Å²) in [4.78, 5) is 14.4. The largest absolute Gasteiger partial charge is 0.338 e. The van der Waals surface area contributed by atoms with E-state index in [1.807, 2.05) is 35.2 Å². The molecule has 0 bridgehead atoms. The Kier molecular flexibility index (Phi) is 4.37. The highest BCUT2D eigenvalue weighted by Crippen LogP contribution is 2.20. The third-order valence-electron chi connectivity index (χ3n) is 3.76. The topological polar surface area (TPSA) is 46.3 Å². The molecule has 2 atom stereocenters. The number of nitrogens with two attached hydrogens (primary N) is 1. The molecule has 1 amide bonds. The van der Waals surface area contributed by atoms with Crippen molar-refractivity contribution in [3.63, 3.8) is 0 Å². The van der Waals surface area contributed by atoms with Gasteiger partial charge in [-0.25, -0.2) is 0 Å². The predicted octanol–water partition coefficient (Wildman–Crippen LogP) is 2.48. The fourth-order valence-corrected chi connectivity index (χ4v) is 2.58. The maximum absolute atomic E-state index is 12.5. The number of likely N-dealkylation sites (tertiary alicyclic amines) is 1. The van der Waals surface area contributed by atoms with Gasteiger partial charge >= 0.3 is 0 Å². The highest BCUT2D eigenvalue weighted by atomic mass is 16.2. The van der Waals surface area contributed by atoms with Gasteiger partial charge in [0.15, 0.2) is 0 Å². The van der Waals surface area contributed by atoms with Crippen molar-refractivity contribution >= 4 is 5.91 Å². The van der Waals surface area contributed by atoms with Gasteiger partial charge in [-0.05, 0) is 25.3 Å². The van der Waals surface area contributed by atoms with Crippen molar-refractivity contribution in [3.8, 4) is 0 Å². The van der Waals surface area contributed by atoms with Gasteiger partial charge in [0.25, 0.3) is 0 Å². The third kappa shape index (κ3) is 2.91. The van der Waals surface area contributed by atoms with Gasteiger partial charge in [0.2, 0.25) is 5.91 Å². The normalized spacial score (nSPS) is 22.3. The monoisotopic (exact) mass is 246 g/mol. The van der Waals surface area contributed by atoms with E-state index in [-0.39, 0.29) is 5.91 Å². The summed E-state index contributed by atoms with van der Waals surface area (Å²) < 4.78 is 0. The van der Waals surface area contributed by atoms with Crippen LogP contribution in [0.4, 0.5) is 0 Å². The van der Waals surface area contributed by atoms with Crippen LogP contribution in [0.5, 0.6) is 0 Å². The van der Waals surface area contributed by atoms with Crippen molar-refractivity contribution < 1.29 is 4.79 Å². The van der Waals surface area contributed by atoms with Crippen LogP contribution in [0.2, 0.25) is 0 Å². The standard InChI is InChI=1S/C15H22N2O/c1-12-8-4-3-7-11-17(12)15(18)14(16)13-9-5-2-6-10-13/h2,5-6,9-10,12,14H,3-4,7-8,11,16H2,1H3. The molecule has 0 aromatic heterocycles. The molecule has 1 aromatic rings. The molecule has 18 heavy (non-hydrogen) atoms. The van der Waals surface area contributed by atoms with Crippen LogP contribution in [0, 0.1) is 0 Å². The summed E-state index contributed by atoms with van der Waals surface area (Å²) in [6.45, 7) is 2.97. The maximum Gasteiger partial charge on any atom is 0.244 e. The SMILES string of the molecule is CC1CCCCCN1C(=O)C(N)c1ccccc1. The zero-order valence-electron chi connectivity index (χ0n) is 11.0. The lowest BCUT2D eigenvalue weighted by molar-refractivity contribution is -0.134. The Morgan fingerprint density at radius 2 is 2.00 bits per heavy atom. The number of rotatable bonds is 2. The van der Waals surface area contributed by atoms with Gasteiger partial charge in [-0.1, -0.05) is 43.2 Å². The highest BCUT2D eigenvalue weighted by Gasteiger charge is 2.26. The van der Waals surface area contributed by atoms with Crippen molar-refractivity contribution in [1.82, 2.24) is 4.90 Å². The van der Waals surface area contributed by atoms with Crippen molar-refractivity contribution in [1.29, 1.82) is 0 Å². The molecule has 0 radical (unpaired) electrons. The first kappa shape index (κ1) is 13.1. The zero-order valence-corrected chi connectivity index (χ0v) is 11.0. The second-order valence-corrected chi connectivity index (χ2v) is 5.12. The van der Waals surface area contributed by atoms with Crippen molar-refractivity contribution in [2.45, 2.75) is 44.7 Å². The smallest absolute Gasteiger partial charge is 0.244 e. The Morgan fingerprint density at radius 3 is 2.72 bits per heavy atom. The number of carbonyl (C=O) groups is 1. The number of carbonyl (C=O) groups excluding carboxylic acids is 1. The Bertz CT molecular complexity index is 391. The van der Waals surface area contributed by atoms with E-state index in [1.54, 1.807) is 0 Å². The van der Waals surface area contributed by atoms with Gasteiger partial charge in [0, 0.05) is 12.6 Å². The molecule has 1 heterocycles. The quantitative estimate of drug-likeness (QED) is 0.871. The first-order valence-corrected chi connectivity index (χ1v) is 6.81. The fraction of sp³-hybridized carbons (Fsp3) is 0.533. The van der Waals surface area contributed by atoms with E-state index in [4.69, 9.17) is 5.73 Å². The van der Waals surface area contributed by atoms with Crippen molar-refractivity contribution in [3.05, 3.63) is 35.9 Å². The molecule has 3 nitrogen and oxygen atoms in total.